The van der Waals surface area contributed by atoms with Crippen molar-refractivity contribution in [1.82, 2.24) is 21.3 Å². The Morgan fingerprint density at radius 2 is 1.15 bits per heavy atom. The van der Waals surface area contributed by atoms with E-state index in [2.05, 4.69) is 34.1 Å². The molecule has 1 aliphatic rings. The third-order valence-electron chi connectivity index (χ3n) is 8.92. The van der Waals surface area contributed by atoms with E-state index in [0.717, 1.165) is 25.7 Å². The molecule has 1 fully saturated rings. The molecule has 12 heteroatoms. The molecule has 1 heterocycles. The second-order valence-corrected chi connectivity index (χ2v) is 15.5. The van der Waals surface area contributed by atoms with Crippen LogP contribution in [-0.2, 0) is 38.2 Å². The van der Waals surface area contributed by atoms with Gasteiger partial charge in [-0.1, -0.05) is 106 Å². The minimum Gasteiger partial charge on any atom is -0.460 e. The molecule has 0 spiro atoms. The largest absolute Gasteiger partial charge is 0.460 e. The highest BCUT2D eigenvalue weighted by Crippen LogP contribution is 2.18. The SMILES string of the molecule is C#CCOC(=O)CC[C@@H]1NC(=O)C[C@@H](CCCCCCCCCCC)OC(=O)[C@H](CC(C)C)NC(=O)[C@@H](CC(C)C)NC(=O)[C@H](CC(C)C)NC1=O. The topological polar surface area (TPSA) is 169 Å². The summed E-state index contributed by atoms with van der Waals surface area (Å²) in [4.78, 5) is 80.7. The van der Waals surface area contributed by atoms with Crippen LogP contribution in [0.3, 0.4) is 0 Å². The van der Waals surface area contributed by atoms with Gasteiger partial charge < -0.3 is 30.7 Å². The Morgan fingerprint density at radius 3 is 1.65 bits per heavy atom. The fraction of sp³-hybridized carbons (Fsp3) is 0.800. The molecule has 52 heavy (non-hydrogen) atoms. The predicted molar refractivity (Wildman–Crippen MR) is 201 cm³/mol. The highest BCUT2D eigenvalue weighted by Gasteiger charge is 2.34. The van der Waals surface area contributed by atoms with Gasteiger partial charge in [-0.05, 0) is 56.3 Å². The Kier molecular flexibility index (Phi) is 23.4. The maximum Gasteiger partial charge on any atom is 0.328 e. The number of cyclic esters (lactones) is 1. The smallest absolute Gasteiger partial charge is 0.328 e. The van der Waals surface area contributed by atoms with E-state index in [1.807, 2.05) is 41.5 Å². The van der Waals surface area contributed by atoms with Crippen LogP contribution in [-0.4, -0.2) is 72.4 Å². The van der Waals surface area contributed by atoms with Gasteiger partial charge in [-0.25, -0.2) is 4.79 Å². The van der Waals surface area contributed by atoms with Crippen LogP contribution in [0.25, 0.3) is 0 Å². The lowest BCUT2D eigenvalue weighted by Gasteiger charge is -2.29. The average molecular weight is 733 g/mol. The third-order valence-corrected chi connectivity index (χ3v) is 8.92. The Hall–Kier alpha value is -3.62. The molecule has 0 unspecified atom stereocenters. The predicted octanol–water partition coefficient (Wildman–Crippen LogP) is 5.26. The molecule has 296 valence electrons. The summed E-state index contributed by atoms with van der Waals surface area (Å²) in [5.41, 5.74) is 0. The molecule has 12 nitrogen and oxygen atoms in total. The number of carbonyl (C=O) groups is 6. The van der Waals surface area contributed by atoms with Gasteiger partial charge in [-0.2, -0.15) is 0 Å². The van der Waals surface area contributed by atoms with Crippen LogP contribution in [0.15, 0.2) is 0 Å². The standard InChI is InChI=1S/C40H68N4O8/c1-9-11-12-13-14-15-16-17-18-19-30-26-35(45)41-31(20-21-36(46)51-22-10-2)37(47)42-32(23-27(3)4)38(48)43-33(24-28(5)6)39(49)44-34(25-29(7)8)40(50)52-30/h2,27-34H,9,11-26H2,1,3-8H3,(H,41,45)(H,42,47)(H,43,48)(H,44,49)/t30-,31+,32+,33-,34+/m1/s1. The van der Waals surface area contributed by atoms with Gasteiger partial charge in [-0.15, -0.1) is 6.42 Å². The van der Waals surface area contributed by atoms with Crippen molar-refractivity contribution in [2.75, 3.05) is 6.61 Å². The molecule has 0 aromatic heterocycles. The number of ether oxygens (including phenoxy) is 2. The summed E-state index contributed by atoms with van der Waals surface area (Å²) < 4.78 is 10.9. The molecule has 0 aromatic rings. The lowest BCUT2D eigenvalue weighted by molar-refractivity contribution is -0.155. The Labute approximate surface area is 312 Å². The molecule has 0 saturated carbocycles. The molecular weight excluding hydrogens is 664 g/mol. The van der Waals surface area contributed by atoms with E-state index in [9.17, 15) is 28.8 Å². The van der Waals surface area contributed by atoms with Crippen LogP contribution in [0.2, 0.25) is 0 Å². The van der Waals surface area contributed by atoms with Crippen LogP contribution in [0.4, 0.5) is 0 Å². The highest BCUT2D eigenvalue weighted by molar-refractivity contribution is 5.95. The summed E-state index contributed by atoms with van der Waals surface area (Å²) >= 11 is 0. The zero-order chi connectivity index (χ0) is 39.1. The van der Waals surface area contributed by atoms with E-state index in [0.29, 0.717) is 19.3 Å². The van der Waals surface area contributed by atoms with Crippen molar-refractivity contribution in [3.05, 3.63) is 0 Å². The van der Waals surface area contributed by atoms with Crippen molar-refractivity contribution < 1.29 is 38.2 Å². The van der Waals surface area contributed by atoms with Crippen molar-refractivity contribution in [3.8, 4) is 12.3 Å². The zero-order valence-electron chi connectivity index (χ0n) is 33.0. The number of esters is 2. The molecule has 4 amide bonds. The Bertz CT molecular complexity index is 1160. The molecule has 4 N–H and O–H groups in total. The number of hydrogen-bond acceptors (Lipinski definition) is 8. The molecule has 1 rings (SSSR count). The Balaban J connectivity index is 3.43. The van der Waals surface area contributed by atoms with E-state index in [4.69, 9.17) is 15.9 Å². The summed E-state index contributed by atoms with van der Waals surface area (Å²) in [6.45, 7) is 13.5. The molecule has 0 bridgehead atoms. The van der Waals surface area contributed by atoms with E-state index in [-0.39, 0.29) is 50.0 Å². The van der Waals surface area contributed by atoms with E-state index >= 15 is 0 Å². The van der Waals surface area contributed by atoms with Crippen LogP contribution in [0, 0.1) is 30.1 Å². The van der Waals surface area contributed by atoms with Gasteiger partial charge in [0.2, 0.25) is 23.6 Å². The maximum atomic E-state index is 13.7. The lowest BCUT2D eigenvalue weighted by atomic mass is 9.98. The van der Waals surface area contributed by atoms with Gasteiger partial charge in [0.25, 0.3) is 0 Å². The van der Waals surface area contributed by atoms with Crippen molar-refractivity contribution in [2.45, 2.75) is 181 Å². The summed E-state index contributed by atoms with van der Waals surface area (Å²) in [5, 5.41) is 11.1. The molecule has 0 aromatic carbocycles. The fourth-order valence-electron chi connectivity index (χ4n) is 6.23. The molecule has 1 saturated heterocycles. The summed E-state index contributed by atoms with van der Waals surface area (Å²) in [6.07, 6.45) is 15.0. The van der Waals surface area contributed by atoms with Crippen LogP contribution < -0.4 is 21.3 Å². The number of carbonyl (C=O) groups excluding carboxylic acids is 6. The second kappa shape index (κ2) is 26.2. The van der Waals surface area contributed by atoms with Crippen LogP contribution in [0.5, 0.6) is 0 Å². The van der Waals surface area contributed by atoms with Gasteiger partial charge in [-0.3, -0.25) is 24.0 Å². The van der Waals surface area contributed by atoms with Crippen molar-refractivity contribution in [1.29, 1.82) is 0 Å². The Morgan fingerprint density at radius 1 is 0.692 bits per heavy atom. The van der Waals surface area contributed by atoms with E-state index in [1.165, 1.54) is 32.1 Å². The van der Waals surface area contributed by atoms with E-state index in [1.54, 1.807) is 0 Å². The zero-order valence-corrected chi connectivity index (χ0v) is 33.0. The second-order valence-electron chi connectivity index (χ2n) is 15.5. The van der Waals surface area contributed by atoms with Gasteiger partial charge in [0.1, 0.15) is 30.3 Å². The molecule has 5 atom stereocenters. The number of nitrogens with one attached hydrogen (secondary N) is 4. The fourth-order valence-corrected chi connectivity index (χ4v) is 6.23. The van der Waals surface area contributed by atoms with Gasteiger partial charge in [0.05, 0.1) is 6.42 Å². The third kappa shape index (κ3) is 20.4. The van der Waals surface area contributed by atoms with Crippen LogP contribution >= 0.6 is 0 Å². The number of rotatable bonds is 20. The van der Waals surface area contributed by atoms with Crippen molar-refractivity contribution >= 4 is 35.6 Å². The maximum absolute atomic E-state index is 13.7. The normalized spacial score (nSPS) is 22.3. The van der Waals surface area contributed by atoms with Gasteiger partial charge in [0, 0.05) is 6.42 Å². The minimum absolute atomic E-state index is 0.0159. The highest BCUT2D eigenvalue weighted by atomic mass is 16.5. The monoisotopic (exact) mass is 733 g/mol. The summed E-state index contributed by atoms with van der Waals surface area (Å²) in [6, 6.07) is -4.21. The number of unbranched alkanes of at least 4 members (excludes halogenated alkanes) is 8. The first-order valence-corrected chi connectivity index (χ1v) is 19.7. The number of terminal acetylenes is 1. The molecule has 1 aliphatic heterocycles. The van der Waals surface area contributed by atoms with Crippen molar-refractivity contribution in [2.24, 2.45) is 17.8 Å². The first kappa shape index (κ1) is 46.4. The first-order chi connectivity index (χ1) is 24.7. The molecular formula is C40H68N4O8. The van der Waals surface area contributed by atoms with Gasteiger partial charge in [0.15, 0.2) is 6.61 Å². The van der Waals surface area contributed by atoms with Gasteiger partial charge >= 0.3 is 11.9 Å². The summed E-state index contributed by atoms with van der Waals surface area (Å²) in [7, 11) is 0. The quantitative estimate of drug-likeness (QED) is 0.0747. The minimum atomic E-state index is -1.20. The molecule has 0 radical (unpaired) electrons. The average Bonchev–Trinajstić information content (AvgIpc) is 3.06. The number of amides is 4. The summed E-state index contributed by atoms with van der Waals surface area (Å²) in [5.74, 6) is -1.36. The van der Waals surface area contributed by atoms with E-state index < -0.39 is 65.8 Å². The molecule has 0 aliphatic carbocycles. The van der Waals surface area contributed by atoms with Crippen LogP contribution in [0.1, 0.15) is 151 Å². The number of hydrogen-bond donors (Lipinski definition) is 4. The first-order valence-electron chi connectivity index (χ1n) is 19.7. The lowest BCUT2D eigenvalue weighted by Crippen LogP contribution is -2.58. The van der Waals surface area contributed by atoms with Crippen molar-refractivity contribution in [3.63, 3.8) is 0 Å².